The van der Waals surface area contributed by atoms with Crippen molar-refractivity contribution >= 4 is 53.2 Å². The third kappa shape index (κ3) is 8.28. The van der Waals surface area contributed by atoms with Gasteiger partial charge in [0.1, 0.15) is 0 Å². The molecule has 4 heteroatoms. The molecular formula is C28H38Cl2SiZr-4. The maximum atomic E-state index is 3.06. The second-order valence-corrected chi connectivity index (χ2v) is 7.50. The van der Waals surface area contributed by atoms with Crippen LogP contribution in [0.2, 0.25) is 0 Å². The minimum absolute atomic E-state index is 0. The molecule has 176 valence electrons. The standard InChI is InChI=1S/2C13H15.2CH3.2ClH.Si.Zr/c2*1-4-12-10(3)5-6-11-7-9(2)8-13(11)12;;;;;;/h2*5-8H,4H2,1-3H3;2*1H3;2*1H;;/q4*-1;;;;. The van der Waals surface area contributed by atoms with Gasteiger partial charge < -0.3 is 14.9 Å². The average molecular weight is 565 g/mol. The molecule has 4 aromatic carbocycles. The van der Waals surface area contributed by atoms with Gasteiger partial charge in [0.15, 0.2) is 0 Å². The van der Waals surface area contributed by atoms with Gasteiger partial charge in [0.05, 0.1) is 0 Å². The first-order valence-corrected chi connectivity index (χ1v) is 14.2. The number of hydrogen-bond acceptors (Lipinski definition) is 0. The molecule has 0 nitrogen and oxygen atoms in total. The fourth-order valence-corrected chi connectivity index (χ4v) is 4.14. The number of fused-ring (bicyclic) bond motifs is 2. The number of rotatable bonds is 2. The van der Waals surface area contributed by atoms with Crippen molar-refractivity contribution in [1.82, 2.24) is 0 Å². The van der Waals surface area contributed by atoms with Crippen LogP contribution in [0.4, 0.5) is 0 Å². The monoisotopic (exact) mass is 562 g/mol. The van der Waals surface area contributed by atoms with Crippen LogP contribution in [-0.2, 0) is 36.2 Å². The summed E-state index contributed by atoms with van der Waals surface area (Å²) in [6, 6.07) is 18.0. The molecular weight excluding hydrogens is 527 g/mol. The second-order valence-electron chi connectivity index (χ2n) is 7.50. The van der Waals surface area contributed by atoms with Gasteiger partial charge in [-0.05, 0) is 26.7 Å². The molecule has 2 radical (unpaired) electrons. The van der Waals surface area contributed by atoms with Gasteiger partial charge in [-0.1, -0.05) is 49.9 Å². The van der Waals surface area contributed by atoms with E-state index in [2.05, 4.69) is 97.0 Å². The summed E-state index contributed by atoms with van der Waals surface area (Å²) in [7, 11) is 0. The summed E-state index contributed by atoms with van der Waals surface area (Å²) in [5.41, 5.74) is 8.59. The van der Waals surface area contributed by atoms with Crippen molar-refractivity contribution in [1.29, 1.82) is 0 Å². The molecule has 4 aromatic rings. The molecule has 0 aliphatic rings. The predicted octanol–water partition coefficient (Wildman–Crippen LogP) is 8.84. The summed E-state index contributed by atoms with van der Waals surface area (Å²) in [4.78, 5) is 0. The second kappa shape index (κ2) is 16.9. The van der Waals surface area contributed by atoms with E-state index in [9.17, 15) is 0 Å². The Hall–Kier alpha value is -0.660. The van der Waals surface area contributed by atoms with Gasteiger partial charge in [0.2, 0.25) is 0 Å². The van der Waals surface area contributed by atoms with Crippen LogP contribution in [0.25, 0.3) is 21.5 Å². The summed E-state index contributed by atoms with van der Waals surface area (Å²) in [6.45, 7) is 16.2. The molecule has 0 aromatic heterocycles. The fourth-order valence-electron chi connectivity index (χ4n) is 4.14. The predicted molar refractivity (Wildman–Crippen MR) is 150 cm³/mol. The summed E-state index contributed by atoms with van der Waals surface area (Å²) >= 11 is 1.36. The summed E-state index contributed by atoms with van der Waals surface area (Å²) in [5, 5.41) is 5.67. The molecule has 0 heterocycles. The molecule has 0 aliphatic carbocycles. The Morgan fingerprint density at radius 2 is 0.969 bits per heavy atom. The Bertz CT molecular complexity index is 990. The van der Waals surface area contributed by atoms with E-state index in [1.54, 1.807) is 0 Å². The molecule has 0 unspecified atom stereocenters. The number of hydrogen-bond donors (Lipinski definition) is 0. The Labute approximate surface area is 226 Å². The van der Waals surface area contributed by atoms with Gasteiger partial charge >= 0.3 is 30.2 Å². The molecule has 0 saturated heterocycles. The molecule has 0 amide bonds. The van der Waals surface area contributed by atoms with Crippen LogP contribution in [0.15, 0.2) is 48.5 Å². The topological polar surface area (TPSA) is 0 Å². The fraction of sp³-hybridized carbons (Fsp3) is 0.286. The van der Waals surface area contributed by atoms with E-state index >= 15 is 0 Å². The third-order valence-corrected chi connectivity index (χ3v) is 5.47. The van der Waals surface area contributed by atoms with Gasteiger partial charge in [0.25, 0.3) is 0 Å². The average Bonchev–Trinajstić information content (AvgIpc) is 3.25. The van der Waals surface area contributed by atoms with Crippen molar-refractivity contribution in [2.75, 3.05) is 0 Å². The van der Waals surface area contributed by atoms with Crippen LogP contribution in [0.3, 0.4) is 0 Å². The molecule has 0 spiro atoms. The van der Waals surface area contributed by atoms with Crippen molar-refractivity contribution < 1.29 is 23.3 Å². The Morgan fingerprint density at radius 1 is 0.656 bits per heavy atom. The molecule has 0 fully saturated rings. The zero-order valence-electron chi connectivity index (χ0n) is 20.8. The third-order valence-electron chi connectivity index (χ3n) is 5.47. The number of aryl methyl sites for hydroxylation is 6. The van der Waals surface area contributed by atoms with Crippen molar-refractivity contribution in [3.8, 4) is 0 Å². The van der Waals surface area contributed by atoms with Gasteiger partial charge in [-0.25, -0.2) is 0 Å². The van der Waals surface area contributed by atoms with Crippen LogP contribution >= 0.6 is 24.8 Å². The first-order chi connectivity index (χ1) is 13.4. The minimum atomic E-state index is 0. The molecule has 4 rings (SSSR count). The van der Waals surface area contributed by atoms with Crippen LogP contribution in [-0.4, -0.2) is 6.88 Å². The van der Waals surface area contributed by atoms with Crippen molar-refractivity contribution in [3.63, 3.8) is 0 Å². The quantitative estimate of drug-likeness (QED) is 0.169. The SMILES string of the molecule is CCc1c(C)ccc2[cH-]c(C)cc12.CCc1c(C)ccc2[cH-]c(C)cc12.Cl.Cl.[CH3-].[CH3-].[Si]=[Zr]. The zero-order valence-corrected chi connectivity index (χ0v) is 25.9. The van der Waals surface area contributed by atoms with E-state index in [1.165, 1.54) is 78.3 Å². The van der Waals surface area contributed by atoms with Crippen LogP contribution in [0, 0.1) is 42.5 Å². The van der Waals surface area contributed by atoms with Crippen molar-refractivity contribution in [2.24, 2.45) is 0 Å². The van der Waals surface area contributed by atoms with Crippen LogP contribution in [0.1, 0.15) is 47.2 Å². The van der Waals surface area contributed by atoms with E-state index in [0.29, 0.717) is 0 Å². The first-order valence-electron chi connectivity index (χ1n) is 10.0. The van der Waals surface area contributed by atoms with Gasteiger partial charge in [-0.15, -0.1) is 93.9 Å². The Morgan fingerprint density at radius 3 is 1.25 bits per heavy atom. The normalized spacial score (nSPS) is 9.03. The number of benzene rings is 2. The van der Waals surface area contributed by atoms with E-state index in [-0.39, 0.29) is 39.7 Å². The zero-order chi connectivity index (χ0) is 20.8. The molecule has 0 saturated carbocycles. The van der Waals surface area contributed by atoms with E-state index < -0.39 is 0 Å². The first kappa shape index (κ1) is 35.9. The molecule has 0 N–H and O–H groups in total. The molecule has 0 aliphatic heterocycles. The van der Waals surface area contributed by atoms with Gasteiger partial charge in [-0.3, -0.25) is 0 Å². The van der Waals surface area contributed by atoms with E-state index in [1.807, 2.05) is 0 Å². The van der Waals surface area contributed by atoms with Crippen LogP contribution < -0.4 is 0 Å². The molecule has 32 heavy (non-hydrogen) atoms. The number of halogens is 2. The summed E-state index contributed by atoms with van der Waals surface area (Å²) < 4.78 is 0. The van der Waals surface area contributed by atoms with Gasteiger partial charge in [0, 0.05) is 0 Å². The summed E-state index contributed by atoms with van der Waals surface area (Å²) in [5.74, 6) is 0. The van der Waals surface area contributed by atoms with E-state index in [4.69, 9.17) is 0 Å². The van der Waals surface area contributed by atoms with E-state index in [0.717, 1.165) is 12.8 Å². The van der Waals surface area contributed by atoms with Crippen molar-refractivity contribution in [3.05, 3.63) is 96.8 Å². The molecule has 0 bridgehead atoms. The van der Waals surface area contributed by atoms with Gasteiger partial charge in [-0.2, -0.15) is 12.1 Å². The molecule has 0 atom stereocenters. The Kier molecular flexibility index (Phi) is 18.9. The van der Waals surface area contributed by atoms with Crippen molar-refractivity contribution in [2.45, 2.75) is 54.4 Å². The summed E-state index contributed by atoms with van der Waals surface area (Å²) in [6.07, 6.45) is 2.26. The van der Waals surface area contributed by atoms with Crippen LogP contribution in [0.5, 0.6) is 0 Å². The maximum absolute atomic E-state index is 3.06. The Balaban J connectivity index is -0.000000437.